The molecule has 0 saturated heterocycles. The third-order valence-electron chi connectivity index (χ3n) is 11.4. The number of hydrogen-bond acceptors (Lipinski definition) is 3. The van der Waals surface area contributed by atoms with Crippen LogP contribution >= 0.6 is 0 Å². The highest BCUT2D eigenvalue weighted by molar-refractivity contribution is 5.83. The summed E-state index contributed by atoms with van der Waals surface area (Å²) >= 11 is 0. The van der Waals surface area contributed by atoms with E-state index in [1.165, 1.54) is 44.1 Å². The standard InChI is InChI=1S/C30H42N2O2/c1-19-5-10-26-20(15-19)17-32(31-26)18-27(33)25-9-8-23-22-7-6-21-16-28(2,34)13-14-29(21,3)24(22)11-12-30(23,25)4/h5,10,15,17,21-25,34H,6-9,11-14,16,18H2,1-4H3/t21-,22+,23+,24+,25-,28-,29+,30+/m1/s1. The molecule has 184 valence electrons. The van der Waals surface area contributed by atoms with E-state index in [1.54, 1.807) is 0 Å². The van der Waals surface area contributed by atoms with Crippen LogP contribution in [0.2, 0.25) is 0 Å². The van der Waals surface area contributed by atoms with Crippen molar-refractivity contribution in [3.05, 3.63) is 30.0 Å². The summed E-state index contributed by atoms with van der Waals surface area (Å²) in [6.45, 7) is 9.55. The van der Waals surface area contributed by atoms with E-state index in [0.717, 1.165) is 42.0 Å². The van der Waals surface area contributed by atoms with E-state index in [1.807, 2.05) is 17.8 Å². The Bertz CT molecular complexity index is 1120. The molecule has 4 aliphatic rings. The number of aliphatic hydroxyl groups is 1. The van der Waals surface area contributed by atoms with Crippen LogP contribution in [0.15, 0.2) is 24.4 Å². The molecule has 4 aliphatic carbocycles. The minimum Gasteiger partial charge on any atom is -0.390 e. The van der Waals surface area contributed by atoms with Crippen LogP contribution < -0.4 is 0 Å². The summed E-state index contributed by atoms with van der Waals surface area (Å²) in [5.74, 6) is 3.44. The summed E-state index contributed by atoms with van der Waals surface area (Å²) in [5, 5.41) is 16.6. The fraction of sp³-hybridized carbons (Fsp3) is 0.733. The number of aryl methyl sites for hydroxylation is 1. The molecule has 8 atom stereocenters. The van der Waals surface area contributed by atoms with Gasteiger partial charge in [0.2, 0.25) is 0 Å². The quantitative estimate of drug-likeness (QED) is 0.580. The molecule has 0 unspecified atom stereocenters. The van der Waals surface area contributed by atoms with E-state index in [0.29, 0.717) is 29.6 Å². The summed E-state index contributed by atoms with van der Waals surface area (Å²) < 4.78 is 1.88. The summed E-state index contributed by atoms with van der Waals surface area (Å²) in [7, 11) is 0. The first-order valence-electron chi connectivity index (χ1n) is 13.8. The second-order valence-corrected chi connectivity index (χ2v) is 13.4. The van der Waals surface area contributed by atoms with Crippen molar-refractivity contribution >= 4 is 16.7 Å². The largest absolute Gasteiger partial charge is 0.390 e. The van der Waals surface area contributed by atoms with Crippen molar-refractivity contribution in [3.63, 3.8) is 0 Å². The third kappa shape index (κ3) is 3.42. The van der Waals surface area contributed by atoms with Crippen LogP contribution in [0.5, 0.6) is 0 Å². The van der Waals surface area contributed by atoms with Crippen LogP contribution in [0.1, 0.15) is 84.1 Å². The van der Waals surface area contributed by atoms with Gasteiger partial charge in [-0.3, -0.25) is 9.48 Å². The fourth-order valence-corrected chi connectivity index (χ4v) is 9.51. The highest BCUT2D eigenvalue weighted by atomic mass is 16.3. The summed E-state index contributed by atoms with van der Waals surface area (Å²) in [6, 6.07) is 6.30. The molecule has 1 aromatic carbocycles. The van der Waals surface area contributed by atoms with Gasteiger partial charge in [-0.25, -0.2) is 0 Å². The van der Waals surface area contributed by atoms with Gasteiger partial charge in [-0.05, 0) is 118 Å². The van der Waals surface area contributed by atoms with E-state index in [4.69, 9.17) is 5.10 Å². The van der Waals surface area contributed by atoms with Gasteiger partial charge in [0, 0.05) is 17.5 Å². The van der Waals surface area contributed by atoms with E-state index in [9.17, 15) is 9.90 Å². The Morgan fingerprint density at radius 2 is 1.82 bits per heavy atom. The normalized spacial score (nSPS) is 43.9. The van der Waals surface area contributed by atoms with Gasteiger partial charge in [0.15, 0.2) is 5.78 Å². The lowest BCUT2D eigenvalue weighted by molar-refractivity contribution is -0.151. The van der Waals surface area contributed by atoms with Crippen molar-refractivity contribution in [2.75, 3.05) is 0 Å². The van der Waals surface area contributed by atoms with Crippen molar-refractivity contribution in [3.8, 4) is 0 Å². The maximum absolute atomic E-state index is 13.7. The molecule has 1 heterocycles. The molecule has 0 amide bonds. The van der Waals surface area contributed by atoms with Gasteiger partial charge < -0.3 is 5.11 Å². The molecule has 4 heteroatoms. The summed E-state index contributed by atoms with van der Waals surface area (Å²) in [6.07, 6.45) is 12.4. The van der Waals surface area contributed by atoms with Crippen LogP contribution in [-0.4, -0.2) is 26.3 Å². The maximum Gasteiger partial charge on any atom is 0.157 e. The molecule has 34 heavy (non-hydrogen) atoms. The molecule has 1 N–H and O–H groups in total. The monoisotopic (exact) mass is 462 g/mol. The number of ketones is 1. The highest BCUT2D eigenvalue weighted by Crippen LogP contribution is 2.68. The van der Waals surface area contributed by atoms with Crippen LogP contribution in [-0.2, 0) is 11.3 Å². The third-order valence-corrected chi connectivity index (χ3v) is 11.4. The van der Waals surface area contributed by atoms with Crippen molar-refractivity contribution in [1.82, 2.24) is 9.78 Å². The van der Waals surface area contributed by atoms with Crippen LogP contribution in [0, 0.1) is 47.3 Å². The number of Topliss-reactive ketones (excluding diaryl/α,β-unsaturated/α-hetero) is 1. The molecule has 1 aromatic heterocycles. The number of carbonyl (C=O) groups excluding carboxylic acids is 1. The molecule has 4 fully saturated rings. The lowest BCUT2D eigenvalue weighted by atomic mass is 9.44. The molecule has 0 spiro atoms. The zero-order valence-electron chi connectivity index (χ0n) is 21.5. The maximum atomic E-state index is 13.7. The van der Waals surface area contributed by atoms with Gasteiger partial charge in [-0.2, -0.15) is 5.10 Å². The Morgan fingerprint density at radius 1 is 1.03 bits per heavy atom. The molecule has 4 saturated carbocycles. The van der Waals surface area contributed by atoms with Gasteiger partial charge >= 0.3 is 0 Å². The topological polar surface area (TPSA) is 55.1 Å². The minimum atomic E-state index is -0.471. The number of carbonyl (C=O) groups is 1. The van der Waals surface area contributed by atoms with Gasteiger partial charge in [0.25, 0.3) is 0 Å². The first-order valence-corrected chi connectivity index (χ1v) is 13.8. The Balaban J connectivity index is 1.20. The van der Waals surface area contributed by atoms with E-state index in [-0.39, 0.29) is 11.3 Å². The average Bonchev–Trinajstić information content (AvgIpc) is 3.33. The molecule has 4 nitrogen and oxygen atoms in total. The number of aromatic nitrogens is 2. The van der Waals surface area contributed by atoms with Crippen molar-refractivity contribution in [2.45, 2.75) is 97.6 Å². The van der Waals surface area contributed by atoms with E-state index >= 15 is 0 Å². The number of hydrogen-bond donors (Lipinski definition) is 1. The van der Waals surface area contributed by atoms with Crippen LogP contribution in [0.25, 0.3) is 10.9 Å². The lowest BCUT2D eigenvalue weighted by Crippen LogP contribution is -2.55. The van der Waals surface area contributed by atoms with Gasteiger partial charge in [-0.1, -0.05) is 25.5 Å². The number of fused-ring (bicyclic) bond motifs is 6. The number of rotatable bonds is 3. The Kier molecular flexibility index (Phi) is 5.13. The number of benzene rings is 1. The van der Waals surface area contributed by atoms with Gasteiger partial charge in [-0.15, -0.1) is 0 Å². The molecule has 0 radical (unpaired) electrons. The Morgan fingerprint density at radius 3 is 2.65 bits per heavy atom. The zero-order chi connectivity index (χ0) is 23.9. The second-order valence-electron chi connectivity index (χ2n) is 13.4. The molecule has 6 rings (SSSR count). The van der Waals surface area contributed by atoms with Crippen molar-refractivity contribution in [1.29, 1.82) is 0 Å². The SMILES string of the molecule is Cc1ccc2nn(CC(=O)[C@H]3CC[C@H]4[C@@H]5CC[C@@H]6C[C@](C)(O)CC[C@]6(C)[C@H]5CC[C@]34C)cc2c1. The minimum absolute atomic E-state index is 0.144. The van der Waals surface area contributed by atoms with Crippen molar-refractivity contribution in [2.24, 2.45) is 40.4 Å². The predicted octanol–water partition coefficient (Wildman–Crippen LogP) is 6.32. The highest BCUT2D eigenvalue weighted by Gasteiger charge is 2.61. The molecular weight excluding hydrogens is 420 g/mol. The van der Waals surface area contributed by atoms with Gasteiger partial charge in [0.1, 0.15) is 0 Å². The molecular formula is C30H42N2O2. The van der Waals surface area contributed by atoms with E-state index < -0.39 is 5.60 Å². The lowest BCUT2D eigenvalue weighted by Gasteiger charge is -2.61. The number of nitrogens with zero attached hydrogens (tertiary/aromatic N) is 2. The summed E-state index contributed by atoms with van der Waals surface area (Å²) in [4.78, 5) is 13.7. The average molecular weight is 463 g/mol. The van der Waals surface area contributed by atoms with Crippen LogP contribution in [0.4, 0.5) is 0 Å². The molecule has 2 aromatic rings. The first-order chi connectivity index (χ1) is 16.1. The second kappa shape index (κ2) is 7.66. The fourth-order valence-electron chi connectivity index (χ4n) is 9.51. The Labute approximate surface area is 204 Å². The first kappa shape index (κ1) is 22.8. The zero-order valence-corrected chi connectivity index (χ0v) is 21.5. The molecule has 0 bridgehead atoms. The molecule has 0 aliphatic heterocycles. The van der Waals surface area contributed by atoms with Crippen LogP contribution in [0.3, 0.4) is 0 Å². The smallest absolute Gasteiger partial charge is 0.157 e. The van der Waals surface area contributed by atoms with E-state index in [2.05, 4.69) is 39.0 Å². The van der Waals surface area contributed by atoms with Gasteiger partial charge in [0.05, 0.1) is 17.7 Å². The Hall–Kier alpha value is -1.68. The summed E-state index contributed by atoms with van der Waals surface area (Å²) in [5.41, 5.74) is 2.26. The predicted molar refractivity (Wildman–Crippen MR) is 135 cm³/mol. The van der Waals surface area contributed by atoms with Crippen molar-refractivity contribution < 1.29 is 9.90 Å².